The monoisotopic (exact) mass is 437 g/mol. The standard InChI is InChI=1S/C22H31NO8/c1-7-21(4,5)19(26)29-11-10-22(23,20(27)28-6)13-16-8-9-17(30-14(2)24)18(12-16)31-15(3)25/h8-9,12H,7,10-11,13,23H2,1-6H3/t22-/m1/s1. The van der Waals surface area contributed by atoms with E-state index < -0.39 is 28.9 Å². The molecule has 0 fully saturated rings. The molecule has 1 aromatic rings. The van der Waals surface area contributed by atoms with Crippen molar-refractivity contribution in [1.29, 1.82) is 0 Å². The van der Waals surface area contributed by atoms with Crippen molar-refractivity contribution in [3.05, 3.63) is 23.8 Å². The molecule has 0 aromatic heterocycles. The van der Waals surface area contributed by atoms with Gasteiger partial charge in [0.2, 0.25) is 0 Å². The minimum absolute atomic E-state index is 0.00299. The summed E-state index contributed by atoms with van der Waals surface area (Å²) < 4.78 is 20.3. The van der Waals surface area contributed by atoms with E-state index in [0.717, 1.165) is 0 Å². The van der Waals surface area contributed by atoms with Crippen molar-refractivity contribution in [3.63, 3.8) is 0 Å². The van der Waals surface area contributed by atoms with Gasteiger partial charge in [-0.1, -0.05) is 13.0 Å². The van der Waals surface area contributed by atoms with Gasteiger partial charge < -0.3 is 24.7 Å². The minimum atomic E-state index is -1.50. The summed E-state index contributed by atoms with van der Waals surface area (Å²) in [4.78, 5) is 47.3. The molecule has 0 bridgehead atoms. The second-order valence-corrected chi connectivity index (χ2v) is 7.92. The highest BCUT2D eigenvalue weighted by Crippen LogP contribution is 2.31. The van der Waals surface area contributed by atoms with E-state index in [0.29, 0.717) is 12.0 Å². The molecule has 0 aliphatic heterocycles. The van der Waals surface area contributed by atoms with E-state index in [2.05, 4.69) is 0 Å². The molecule has 0 radical (unpaired) electrons. The molecule has 2 N–H and O–H groups in total. The fourth-order valence-electron chi connectivity index (χ4n) is 2.63. The zero-order valence-electron chi connectivity index (χ0n) is 18.9. The number of ether oxygens (including phenoxy) is 4. The van der Waals surface area contributed by atoms with Crippen LogP contribution in [0, 0.1) is 5.41 Å². The number of hydrogen-bond acceptors (Lipinski definition) is 9. The van der Waals surface area contributed by atoms with Crippen LogP contribution >= 0.6 is 0 Å². The largest absolute Gasteiger partial charge is 0.468 e. The van der Waals surface area contributed by atoms with Gasteiger partial charge in [0.1, 0.15) is 5.54 Å². The maximum atomic E-state index is 12.4. The summed E-state index contributed by atoms with van der Waals surface area (Å²) in [5.41, 5.74) is 4.71. The van der Waals surface area contributed by atoms with Crippen molar-refractivity contribution in [2.75, 3.05) is 13.7 Å². The Balaban J connectivity index is 3.07. The van der Waals surface area contributed by atoms with Crippen molar-refractivity contribution in [2.45, 2.75) is 59.4 Å². The Bertz CT molecular complexity index is 833. The fourth-order valence-corrected chi connectivity index (χ4v) is 2.63. The lowest BCUT2D eigenvalue weighted by Gasteiger charge is -2.28. The first-order chi connectivity index (χ1) is 14.3. The molecule has 9 nitrogen and oxygen atoms in total. The molecule has 0 unspecified atom stereocenters. The van der Waals surface area contributed by atoms with Crippen LogP contribution in [-0.4, -0.2) is 43.1 Å². The van der Waals surface area contributed by atoms with Gasteiger partial charge in [0.25, 0.3) is 0 Å². The highest BCUT2D eigenvalue weighted by Gasteiger charge is 2.37. The Morgan fingerprint density at radius 1 is 0.968 bits per heavy atom. The van der Waals surface area contributed by atoms with Crippen LogP contribution in [0.2, 0.25) is 0 Å². The van der Waals surface area contributed by atoms with E-state index in [-0.39, 0.29) is 36.9 Å². The molecular weight excluding hydrogens is 406 g/mol. The third-order valence-electron chi connectivity index (χ3n) is 4.84. The van der Waals surface area contributed by atoms with E-state index in [9.17, 15) is 19.2 Å². The fraction of sp³-hybridized carbons (Fsp3) is 0.545. The highest BCUT2D eigenvalue weighted by atomic mass is 16.6. The molecule has 9 heteroatoms. The van der Waals surface area contributed by atoms with Crippen LogP contribution in [0.4, 0.5) is 0 Å². The van der Waals surface area contributed by atoms with Crippen LogP contribution in [-0.2, 0) is 35.1 Å². The van der Waals surface area contributed by atoms with Gasteiger partial charge in [-0.3, -0.25) is 19.2 Å². The molecule has 172 valence electrons. The Labute approximate surface area is 182 Å². The maximum Gasteiger partial charge on any atom is 0.326 e. The molecule has 0 spiro atoms. The van der Waals surface area contributed by atoms with Crippen LogP contribution in [0.1, 0.15) is 53.0 Å². The maximum absolute atomic E-state index is 12.4. The van der Waals surface area contributed by atoms with Crippen LogP contribution in [0.15, 0.2) is 18.2 Å². The summed E-state index contributed by atoms with van der Waals surface area (Å²) in [6.07, 6.45) is 0.618. The Morgan fingerprint density at radius 2 is 1.55 bits per heavy atom. The third kappa shape index (κ3) is 7.67. The molecule has 0 aliphatic carbocycles. The van der Waals surface area contributed by atoms with Gasteiger partial charge in [0, 0.05) is 26.7 Å². The zero-order valence-corrected chi connectivity index (χ0v) is 18.9. The van der Waals surface area contributed by atoms with Gasteiger partial charge in [-0.25, -0.2) is 0 Å². The van der Waals surface area contributed by atoms with Crippen LogP contribution < -0.4 is 15.2 Å². The van der Waals surface area contributed by atoms with Gasteiger partial charge in [-0.05, 0) is 38.0 Å². The van der Waals surface area contributed by atoms with Crippen LogP contribution in [0.5, 0.6) is 11.5 Å². The Kier molecular flexibility index (Phi) is 9.18. The second kappa shape index (κ2) is 10.9. The number of esters is 4. The van der Waals surface area contributed by atoms with E-state index in [1.165, 1.54) is 33.1 Å². The molecule has 1 atom stereocenters. The van der Waals surface area contributed by atoms with Crippen LogP contribution in [0.3, 0.4) is 0 Å². The number of benzene rings is 1. The topological polar surface area (TPSA) is 131 Å². The number of rotatable bonds is 10. The normalized spacial score (nSPS) is 13.0. The molecule has 1 aromatic carbocycles. The minimum Gasteiger partial charge on any atom is -0.468 e. The number of carbonyl (C=O) groups is 4. The van der Waals surface area contributed by atoms with Gasteiger partial charge in [-0.2, -0.15) is 0 Å². The zero-order chi connectivity index (χ0) is 23.8. The van der Waals surface area contributed by atoms with Crippen LogP contribution in [0.25, 0.3) is 0 Å². The van der Waals surface area contributed by atoms with Crippen molar-refractivity contribution >= 4 is 23.9 Å². The lowest BCUT2D eigenvalue weighted by molar-refractivity contribution is -0.157. The molecule has 1 rings (SSSR count). The molecule has 0 saturated carbocycles. The summed E-state index contributed by atoms with van der Waals surface area (Å²) in [7, 11) is 1.21. The van der Waals surface area contributed by atoms with E-state index >= 15 is 0 Å². The molecule has 0 amide bonds. The first-order valence-corrected chi connectivity index (χ1v) is 9.89. The van der Waals surface area contributed by atoms with Crippen molar-refractivity contribution in [2.24, 2.45) is 11.1 Å². The number of hydrogen-bond donors (Lipinski definition) is 1. The summed E-state index contributed by atoms with van der Waals surface area (Å²) in [5, 5.41) is 0. The summed E-state index contributed by atoms with van der Waals surface area (Å²) in [6.45, 7) is 7.77. The van der Waals surface area contributed by atoms with E-state index in [4.69, 9.17) is 24.7 Å². The predicted octanol–water partition coefficient (Wildman–Crippen LogP) is 2.32. The lowest BCUT2D eigenvalue weighted by atomic mass is 9.88. The van der Waals surface area contributed by atoms with E-state index in [1.54, 1.807) is 19.9 Å². The van der Waals surface area contributed by atoms with Gasteiger partial charge in [-0.15, -0.1) is 0 Å². The first-order valence-electron chi connectivity index (χ1n) is 9.89. The van der Waals surface area contributed by atoms with Gasteiger partial charge >= 0.3 is 23.9 Å². The molecule has 0 heterocycles. The lowest BCUT2D eigenvalue weighted by Crippen LogP contribution is -2.51. The average molecular weight is 437 g/mol. The third-order valence-corrected chi connectivity index (χ3v) is 4.84. The predicted molar refractivity (Wildman–Crippen MR) is 111 cm³/mol. The number of methoxy groups -OCH3 is 1. The van der Waals surface area contributed by atoms with Gasteiger partial charge in [0.05, 0.1) is 19.1 Å². The highest BCUT2D eigenvalue weighted by molar-refractivity contribution is 5.81. The molecule has 0 saturated heterocycles. The number of carbonyl (C=O) groups excluding carboxylic acids is 4. The van der Waals surface area contributed by atoms with Crippen molar-refractivity contribution in [1.82, 2.24) is 0 Å². The SMILES string of the molecule is CCC(C)(C)C(=O)OCC[C@@](N)(Cc1ccc(OC(C)=O)c(OC(C)=O)c1)C(=O)OC. The smallest absolute Gasteiger partial charge is 0.326 e. The summed E-state index contributed by atoms with van der Waals surface area (Å²) >= 11 is 0. The Hall–Kier alpha value is -2.94. The van der Waals surface area contributed by atoms with Crippen molar-refractivity contribution < 1.29 is 38.1 Å². The second-order valence-electron chi connectivity index (χ2n) is 7.92. The summed E-state index contributed by atoms with van der Waals surface area (Å²) in [6, 6.07) is 4.48. The quantitative estimate of drug-likeness (QED) is 0.432. The first kappa shape index (κ1) is 26.1. The van der Waals surface area contributed by atoms with E-state index in [1.807, 2.05) is 6.92 Å². The number of nitrogens with two attached hydrogens (primary N) is 1. The average Bonchev–Trinajstić information content (AvgIpc) is 2.68. The molecule has 31 heavy (non-hydrogen) atoms. The molecule has 0 aliphatic rings. The van der Waals surface area contributed by atoms with Crippen molar-refractivity contribution in [3.8, 4) is 11.5 Å². The molecular formula is C22H31NO8. The summed E-state index contributed by atoms with van der Waals surface area (Å²) in [5.74, 6) is -2.18. The van der Waals surface area contributed by atoms with Gasteiger partial charge in [0.15, 0.2) is 11.5 Å². The Morgan fingerprint density at radius 3 is 2.06 bits per heavy atom.